The Bertz CT molecular complexity index is 690. The minimum atomic E-state index is 0.435. The summed E-state index contributed by atoms with van der Waals surface area (Å²) in [5.74, 6) is 1.66. The van der Waals surface area contributed by atoms with Gasteiger partial charge in [-0.3, -0.25) is 0 Å². The van der Waals surface area contributed by atoms with Gasteiger partial charge >= 0.3 is 0 Å². The molecule has 0 bridgehead atoms. The molecule has 1 aliphatic rings. The maximum atomic E-state index is 8.67. The Morgan fingerprint density at radius 3 is 2.76 bits per heavy atom. The number of aromatic nitrogens is 2. The van der Waals surface area contributed by atoms with Crippen molar-refractivity contribution >= 4 is 28.2 Å². The molecule has 0 amide bonds. The SMILES string of the molecule is N#CCc1ccc(OCCSc2nnc(NC3CCCCC3)s2)cc1. The van der Waals surface area contributed by atoms with Crippen molar-refractivity contribution in [3.8, 4) is 11.8 Å². The fourth-order valence-electron chi connectivity index (χ4n) is 2.83. The van der Waals surface area contributed by atoms with Crippen LogP contribution in [0, 0.1) is 11.3 Å². The second-order valence-electron chi connectivity index (χ2n) is 6.03. The number of thioether (sulfide) groups is 1. The molecule has 25 heavy (non-hydrogen) atoms. The number of nitriles is 1. The van der Waals surface area contributed by atoms with Crippen molar-refractivity contribution in [3.63, 3.8) is 0 Å². The van der Waals surface area contributed by atoms with Crippen LogP contribution in [0.2, 0.25) is 0 Å². The molecule has 0 saturated heterocycles. The van der Waals surface area contributed by atoms with Crippen LogP contribution in [-0.4, -0.2) is 28.6 Å². The summed E-state index contributed by atoms with van der Waals surface area (Å²) in [6.45, 7) is 0.618. The zero-order valence-corrected chi connectivity index (χ0v) is 15.7. The molecule has 3 rings (SSSR count). The molecule has 1 saturated carbocycles. The topological polar surface area (TPSA) is 70.8 Å². The number of hydrogen-bond donors (Lipinski definition) is 1. The first-order valence-electron chi connectivity index (χ1n) is 8.65. The lowest BCUT2D eigenvalue weighted by molar-refractivity contribution is 0.344. The van der Waals surface area contributed by atoms with E-state index in [-0.39, 0.29) is 0 Å². The lowest BCUT2D eigenvalue weighted by Crippen LogP contribution is -2.21. The predicted octanol–water partition coefficient (Wildman–Crippen LogP) is 4.52. The summed E-state index contributed by atoms with van der Waals surface area (Å²) in [5, 5.41) is 21.6. The minimum Gasteiger partial charge on any atom is -0.493 e. The van der Waals surface area contributed by atoms with Crippen molar-refractivity contribution in [3.05, 3.63) is 29.8 Å². The average molecular weight is 375 g/mol. The number of rotatable bonds is 8. The molecule has 0 unspecified atom stereocenters. The number of benzene rings is 1. The molecule has 1 heterocycles. The summed E-state index contributed by atoms with van der Waals surface area (Å²) >= 11 is 3.29. The van der Waals surface area contributed by atoms with Crippen molar-refractivity contribution in [1.82, 2.24) is 10.2 Å². The fraction of sp³-hybridized carbons (Fsp3) is 0.500. The van der Waals surface area contributed by atoms with Gasteiger partial charge in [0, 0.05) is 11.8 Å². The molecule has 5 nitrogen and oxygen atoms in total. The second-order valence-corrected chi connectivity index (χ2v) is 8.35. The van der Waals surface area contributed by atoms with Crippen LogP contribution in [-0.2, 0) is 6.42 Å². The molecule has 1 fully saturated rings. The number of ether oxygens (including phenoxy) is 1. The van der Waals surface area contributed by atoms with Crippen LogP contribution >= 0.6 is 23.1 Å². The highest BCUT2D eigenvalue weighted by Crippen LogP contribution is 2.28. The number of nitrogens with one attached hydrogen (secondary N) is 1. The first kappa shape index (κ1) is 18.0. The van der Waals surface area contributed by atoms with Crippen LogP contribution in [0.15, 0.2) is 28.6 Å². The molecule has 1 N–H and O–H groups in total. The summed E-state index contributed by atoms with van der Waals surface area (Å²) < 4.78 is 6.70. The molecule has 132 valence electrons. The van der Waals surface area contributed by atoms with Gasteiger partial charge in [0.15, 0.2) is 4.34 Å². The molecular weight excluding hydrogens is 352 g/mol. The molecule has 1 aliphatic carbocycles. The summed E-state index contributed by atoms with van der Waals surface area (Å²) in [7, 11) is 0. The van der Waals surface area contributed by atoms with Crippen molar-refractivity contribution in [2.45, 2.75) is 48.9 Å². The standard InChI is InChI=1S/C18H22N4OS2/c19-11-10-14-6-8-16(9-7-14)23-12-13-24-18-22-21-17(25-18)20-15-4-2-1-3-5-15/h6-9,15H,1-5,10,12-13H2,(H,20,21). The molecule has 2 aromatic rings. The second kappa shape index (κ2) is 9.64. The van der Waals surface area contributed by atoms with Crippen LogP contribution < -0.4 is 10.1 Å². The van der Waals surface area contributed by atoms with E-state index in [1.807, 2.05) is 24.3 Å². The van der Waals surface area contributed by atoms with Gasteiger partial charge in [0.05, 0.1) is 19.1 Å². The van der Waals surface area contributed by atoms with Crippen LogP contribution in [0.4, 0.5) is 5.13 Å². The summed E-state index contributed by atoms with van der Waals surface area (Å²) in [6.07, 6.45) is 6.90. The Labute approximate surface area is 156 Å². The third-order valence-electron chi connectivity index (χ3n) is 4.12. The van der Waals surface area contributed by atoms with Gasteiger partial charge in [0.1, 0.15) is 5.75 Å². The van der Waals surface area contributed by atoms with Crippen molar-refractivity contribution in [2.75, 3.05) is 17.7 Å². The average Bonchev–Trinajstić information content (AvgIpc) is 3.08. The van der Waals surface area contributed by atoms with E-state index in [1.165, 1.54) is 32.1 Å². The van der Waals surface area contributed by atoms with Gasteiger partial charge in [0.25, 0.3) is 0 Å². The first-order chi connectivity index (χ1) is 12.3. The Balaban J connectivity index is 1.36. The number of nitrogens with zero attached hydrogens (tertiary/aromatic N) is 3. The minimum absolute atomic E-state index is 0.435. The quantitative estimate of drug-likeness (QED) is 0.541. The lowest BCUT2D eigenvalue weighted by Gasteiger charge is -2.21. The highest BCUT2D eigenvalue weighted by molar-refractivity contribution is 8.01. The van der Waals surface area contributed by atoms with Gasteiger partial charge in [-0.15, -0.1) is 10.2 Å². The van der Waals surface area contributed by atoms with Crippen molar-refractivity contribution in [2.24, 2.45) is 0 Å². The molecule has 0 spiro atoms. The van der Waals surface area contributed by atoms with E-state index >= 15 is 0 Å². The van der Waals surface area contributed by atoms with Gasteiger partial charge in [-0.2, -0.15) is 5.26 Å². The highest BCUT2D eigenvalue weighted by Gasteiger charge is 2.15. The summed E-state index contributed by atoms with van der Waals surface area (Å²) in [6, 6.07) is 10.4. The molecule has 0 radical (unpaired) electrons. The van der Waals surface area contributed by atoms with Gasteiger partial charge in [-0.25, -0.2) is 0 Å². The lowest BCUT2D eigenvalue weighted by atomic mass is 9.96. The Kier molecular flexibility index (Phi) is 6.95. The van der Waals surface area contributed by atoms with E-state index in [9.17, 15) is 0 Å². The van der Waals surface area contributed by atoms with Gasteiger partial charge in [0.2, 0.25) is 5.13 Å². The molecule has 1 aromatic carbocycles. The third kappa shape index (κ3) is 5.91. The third-order valence-corrected chi connectivity index (χ3v) is 6.08. The van der Waals surface area contributed by atoms with Gasteiger partial charge in [-0.05, 0) is 30.5 Å². The summed E-state index contributed by atoms with van der Waals surface area (Å²) in [5.41, 5.74) is 1.01. The van der Waals surface area contributed by atoms with Crippen molar-refractivity contribution < 1.29 is 4.74 Å². The van der Waals surface area contributed by atoms with Crippen LogP contribution in [0.25, 0.3) is 0 Å². The van der Waals surface area contributed by atoms with E-state index in [0.717, 1.165) is 26.5 Å². The van der Waals surface area contributed by atoms with Crippen LogP contribution in [0.3, 0.4) is 0 Å². The Hall–Kier alpha value is -1.78. The van der Waals surface area contributed by atoms with Gasteiger partial charge in [-0.1, -0.05) is 54.5 Å². The Morgan fingerprint density at radius 1 is 1.20 bits per heavy atom. The zero-order valence-electron chi connectivity index (χ0n) is 14.1. The highest BCUT2D eigenvalue weighted by atomic mass is 32.2. The smallest absolute Gasteiger partial charge is 0.206 e. The van der Waals surface area contributed by atoms with Crippen LogP contribution in [0.5, 0.6) is 5.75 Å². The maximum Gasteiger partial charge on any atom is 0.206 e. The van der Waals surface area contributed by atoms with E-state index in [1.54, 1.807) is 23.1 Å². The predicted molar refractivity (Wildman–Crippen MR) is 102 cm³/mol. The maximum absolute atomic E-state index is 8.67. The number of hydrogen-bond acceptors (Lipinski definition) is 7. The van der Waals surface area contributed by atoms with Crippen LogP contribution in [0.1, 0.15) is 37.7 Å². The van der Waals surface area contributed by atoms with Gasteiger partial charge < -0.3 is 10.1 Å². The van der Waals surface area contributed by atoms with E-state index < -0.39 is 0 Å². The molecule has 1 aromatic heterocycles. The molecule has 0 aliphatic heterocycles. The largest absolute Gasteiger partial charge is 0.493 e. The summed E-state index contributed by atoms with van der Waals surface area (Å²) in [4.78, 5) is 0. The monoisotopic (exact) mass is 374 g/mol. The van der Waals surface area contributed by atoms with Crippen molar-refractivity contribution in [1.29, 1.82) is 5.26 Å². The van der Waals surface area contributed by atoms with E-state index in [2.05, 4.69) is 21.6 Å². The molecule has 7 heteroatoms. The fourth-order valence-corrected chi connectivity index (χ4v) is 4.55. The molecule has 0 atom stereocenters. The normalized spacial score (nSPS) is 14.8. The zero-order chi connectivity index (χ0) is 17.3. The first-order valence-corrected chi connectivity index (χ1v) is 10.5. The van der Waals surface area contributed by atoms with E-state index in [4.69, 9.17) is 10.00 Å². The number of anilines is 1. The Morgan fingerprint density at radius 2 is 2.00 bits per heavy atom. The van der Waals surface area contributed by atoms with E-state index in [0.29, 0.717) is 19.1 Å². The molecular formula is C18H22N4OS2.